The third kappa shape index (κ3) is 6.61. The van der Waals surface area contributed by atoms with Crippen LogP contribution in [0.25, 0.3) is 0 Å². The summed E-state index contributed by atoms with van der Waals surface area (Å²) in [6.45, 7) is 0.387. The number of carbonyl (C=O) groups is 3. The monoisotopic (exact) mass is 476 g/mol. The third-order valence-corrected chi connectivity index (χ3v) is 5.34. The normalized spacial score (nSPS) is 17.1. The fourth-order valence-electron chi connectivity index (χ4n) is 3.65. The number of phenolic OH excluding ortho intramolecular Hbond substituents is 1. The molecule has 12 heteroatoms. The molecule has 1 fully saturated rings. The molecule has 0 saturated heterocycles. The van der Waals surface area contributed by atoms with E-state index in [1.165, 1.54) is 19.2 Å². The molecule has 34 heavy (non-hydrogen) atoms. The third-order valence-electron chi connectivity index (χ3n) is 5.34. The number of benzene rings is 1. The lowest BCUT2D eigenvalue weighted by Crippen LogP contribution is -2.30. The van der Waals surface area contributed by atoms with E-state index < -0.39 is 18.6 Å². The lowest BCUT2D eigenvalue weighted by atomic mass is 10.0. The van der Waals surface area contributed by atoms with Crippen LogP contribution < -0.4 is 20.1 Å². The van der Waals surface area contributed by atoms with Crippen molar-refractivity contribution in [1.82, 2.24) is 15.5 Å². The molecular formula is C22H28N4O8. The molecule has 184 valence electrons. The maximum absolute atomic E-state index is 12.3. The molecule has 2 aromatic rings. The molecule has 0 spiro atoms. The van der Waals surface area contributed by atoms with E-state index in [9.17, 15) is 19.5 Å². The van der Waals surface area contributed by atoms with E-state index in [1.807, 2.05) is 0 Å². The van der Waals surface area contributed by atoms with Crippen molar-refractivity contribution in [3.8, 4) is 17.2 Å². The van der Waals surface area contributed by atoms with Crippen molar-refractivity contribution in [3.63, 3.8) is 0 Å². The van der Waals surface area contributed by atoms with Crippen molar-refractivity contribution in [1.29, 1.82) is 0 Å². The van der Waals surface area contributed by atoms with Crippen LogP contribution in [0.15, 0.2) is 18.2 Å². The number of alkyl carbamates (subject to hydrolysis) is 1. The number of phenols is 1. The molecule has 2 atom stereocenters. The van der Waals surface area contributed by atoms with Crippen LogP contribution >= 0.6 is 0 Å². The van der Waals surface area contributed by atoms with Gasteiger partial charge in [-0.05, 0) is 19.3 Å². The van der Waals surface area contributed by atoms with E-state index >= 15 is 0 Å². The number of ether oxygens (including phenoxy) is 4. The number of amides is 2. The maximum atomic E-state index is 12.3. The molecule has 1 heterocycles. The minimum absolute atomic E-state index is 0.0213. The Kier molecular flexibility index (Phi) is 8.68. The predicted molar refractivity (Wildman–Crippen MR) is 119 cm³/mol. The highest BCUT2D eigenvalue weighted by molar-refractivity contribution is 5.91. The molecular weight excluding hydrogens is 448 g/mol. The smallest absolute Gasteiger partial charge is 0.407 e. The summed E-state index contributed by atoms with van der Waals surface area (Å²) in [5, 5.41) is 22.1. The fourth-order valence-corrected chi connectivity index (χ4v) is 3.65. The Labute approximate surface area is 195 Å². The Morgan fingerprint density at radius 1 is 1.26 bits per heavy atom. The van der Waals surface area contributed by atoms with Gasteiger partial charge in [0.05, 0.1) is 19.3 Å². The first-order chi connectivity index (χ1) is 16.4. The summed E-state index contributed by atoms with van der Waals surface area (Å²) in [5.41, 5.74) is 0.740. The Morgan fingerprint density at radius 3 is 2.82 bits per heavy atom. The Hall–Kier alpha value is -3.80. The molecule has 0 bridgehead atoms. The SMILES string of the molecule is COCCNC(=O)O[C@@H]1CC[C@H](c2cc(NC(=O)COc3cc(OC)cc(O)c3C=O)n[nH]2)C1. The number of aromatic nitrogens is 2. The van der Waals surface area contributed by atoms with Gasteiger partial charge < -0.3 is 34.7 Å². The number of carbonyl (C=O) groups excluding carboxylic acids is 3. The minimum Gasteiger partial charge on any atom is -0.507 e. The van der Waals surface area contributed by atoms with E-state index in [2.05, 4.69) is 20.8 Å². The van der Waals surface area contributed by atoms with E-state index in [0.29, 0.717) is 31.7 Å². The number of aromatic hydroxyl groups is 1. The van der Waals surface area contributed by atoms with E-state index in [0.717, 1.165) is 18.5 Å². The number of methoxy groups -OCH3 is 2. The highest BCUT2D eigenvalue weighted by Crippen LogP contribution is 2.36. The number of nitrogens with one attached hydrogen (secondary N) is 3. The average molecular weight is 476 g/mol. The van der Waals surface area contributed by atoms with Gasteiger partial charge in [0.2, 0.25) is 0 Å². The van der Waals surface area contributed by atoms with Gasteiger partial charge in [-0.3, -0.25) is 14.7 Å². The molecule has 12 nitrogen and oxygen atoms in total. The second-order valence-electron chi connectivity index (χ2n) is 7.68. The summed E-state index contributed by atoms with van der Waals surface area (Å²) >= 11 is 0. The summed E-state index contributed by atoms with van der Waals surface area (Å²) in [4.78, 5) is 35.3. The minimum atomic E-state index is -0.502. The predicted octanol–water partition coefficient (Wildman–Crippen LogP) is 1.96. The summed E-state index contributed by atoms with van der Waals surface area (Å²) in [6.07, 6.45) is 1.94. The zero-order chi connectivity index (χ0) is 24.5. The zero-order valence-corrected chi connectivity index (χ0v) is 19.0. The van der Waals surface area contributed by atoms with Crippen LogP contribution in [-0.4, -0.2) is 73.7 Å². The van der Waals surface area contributed by atoms with Gasteiger partial charge in [-0.2, -0.15) is 5.10 Å². The largest absolute Gasteiger partial charge is 0.507 e. The Balaban J connectivity index is 1.49. The summed E-state index contributed by atoms with van der Waals surface area (Å²) in [7, 11) is 2.95. The first-order valence-electron chi connectivity index (χ1n) is 10.7. The van der Waals surface area contributed by atoms with Crippen molar-refractivity contribution in [2.45, 2.75) is 31.3 Å². The van der Waals surface area contributed by atoms with Gasteiger partial charge in [-0.15, -0.1) is 0 Å². The fraction of sp³-hybridized carbons (Fsp3) is 0.455. The second-order valence-corrected chi connectivity index (χ2v) is 7.68. The molecule has 1 aromatic heterocycles. The summed E-state index contributed by atoms with van der Waals surface area (Å²) < 4.78 is 20.7. The highest BCUT2D eigenvalue weighted by Gasteiger charge is 2.30. The van der Waals surface area contributed by atoms with Gasteiger partial charge in [0.1, 0.15) is 23.4 Å². The molecule has 4 N–H and O–H groups in total. The second kappa shape index (κ2) is 11.9. The molecule has 1 aromatic carbocycles. The zero-order valence-electron chi connectivity index (χ0n) is 19.0. The van der Waals surface area contributed by atoms with Crippen molar-refractivity contribution in [2.75, 3.05) is 39.3 Å². The average Bonchev–Trinajstić information content (AvgIpc) is 3.47. The number of hydrogen-bond donors (Lipinski definition) is 4. The number of anilines is 1. The van der Waals surface area contributed by atoms with Crippen LogP contribution in [0.4, 0.5) is 10.6 Å². The molecule has 1 saturated carbocycles. The molecule has 0 radical (unpaired) electrons. The van der Waals surface area contributed by atoms with Crippen LogP contribution in [0.1, 0.15) is 41.2 Å². The summed E-state index contributed by atoms with van der Waals surface area (Å²) in [5.74, 6) is -0.0873. The van der Waals surface area contributed by atoms with Crippen LogP contribution in [-0.2, 0) is 14.3 Å². The first kappa shape index (κ1) is 24.8. The van der Waals surface area contributed by atoms with Crippen LogP contribution in [0, 0.1) is 0 Å². The van der Waals surface area contributed by atoms with Crippen molar-refractivity contribution < 1.29 is 38.4 Å². The number of aldehydes is 1. The van der Waals surface area contributed by atoms with Gasteiger partial charge >= 0.3 is 6.09 Å². The Bertz CT molecular complexity index is 1010. The number of hydrogen-bond acceptors (Lipinski definition) is 9. The molecule has 0 aliphatic heterocycles. The number of aromatic amines is 1. The quantitative estimate of drug-likeness (QED) is 0.281. The van der Waals surface area contributed by atoms with Gasteiger partial charge in [0.15, 0.2) is 18.7 Å². The van der Waals surface area contributed by atoms with E-state index in [-0.39, 0.29) is 34.8 Å². The molecule has 2 amide bonds. The first-order valence-corrected chi connectivity index (χ1v) is 10.7. The number of nitrogens with zero attached hydrogens (tertiary/aromatic N) is 1. The summed E-state index contributed by atoms with van der Waals surface area (Å²) in [6, 6.07) is 4.39. The van der Waals surface area contributed by atoms with Crippen molar-refractivity contribution in [3.05, 3.63) is 29.5 Å². The maximum Gasteiger partial charge on any atom is 0.407 e. The van der Waals surface area contributed by atoms with Crippen LogP contribution in [0.5, 0.6) is 17.2 Å². The topological polar surface area (TPSA) is 161 Å². The number of rotatable bonds is 11. The van der Waals surface area contributed by atoms with Gasteiger partial charge in [0, 0.05) is 43.5 Å². The van der Waals surface area contributed by atoms with Crippen molar-refractivity contribution in [2.24, 2.45) is 0 Å². The molecule has 0 unspecified atom stereocenters. The molecule has 1 aliphatic carbocycles. The van der Waals surface area contributed by atoms with E-state index in [1.54, 1.807) is 13.2 Å². The van der Waals surface area contributed by atoms with Crippen LogP contribution in [0.3, 0.4) is 0 Å². The van der Waals surface area contributed by atoms with Gasteiger partial charge in [0.25, 0.3) is 5.91 Å². The molecule has 1 aliphatic rings. The standard InChI is InChI=1S/C22H28N4O8/c1-31-6-5-23-22(30)34-14-4-3-13(7-14)17-10-20(26-25-17)24-21(29)12-33-19-9-15(32-2)8-18(28)16(19)11-27/h8-11,13-14,28H,3-7,12H2,1-2H3,(H,23,30)(H2,24,25,26,29)/t13-,14+/m0/s1. The van der Waals surface area contributed by atoms with Gasteiger partial charge in [-0.25, -0.2) is 4.79 Å². The lowest BCUT2D eigenvalue weighted by molar-refractivity contribution is -0.118. The lowest BCUT2D eigenvalue weighted by Gasteiger charge is -2.13. The van der Waals surface area contributed by atoms with Crippen molar-refractivity contribution >= 4 is 24.1 Å². The van der Waals surface area contributed by atoms with E-state index in [4.69, 9.17) is 18.9 Å². The molecule has 3 rings (SSSR count). The van der Waals surface area contributed by atoms with Gasteiger partial charge in [-0.1, -0.05) is 0 Å². The highest BCUT2D eigenvalue weighted by atomic mass is 16.6. The van der Waals surface area contributed by atoms with Crippen LogP contribution in [0.2, 0.25) is 0 Å². The Morgan fingerprint density at radius 2 is 2.09 bits per heavy atom. The number of H-pyrrole nitrogens is 1.